The fourth-order valence-corrected chi connectivity index (χ4v) is 2.98. The van der Waals surface area contributed by atoms with Gasteiger partial charge in [0.05, 0.1) is 18.5 Å². The van der Waals surface area contributed by atoms with Gasteiger partial charge in [0.1, 0.15) is 13.2 Å². The zero-order chi connectivity index (χ0) is 17.6. The first-order chi connectivity index (χ1) is 12.1. The summed E-state index contributed by atoms with van der Waals surface area (Å²) in [6.07, 6.45) is -0.271. The predicted molar refractivity (Wildman–Crippen MR) is 92.7 cm³/mol. The lowest BCUT2D eigenvalue weighted by Crippen LogP contribution is -2.37. The van der Waals surface area contributed by atoms with E-state index in [9.17, 15) is 9.59 Å². The molecule has 2 atom stereocenters. The van der Waals surface area contributed by atoms with Gasteiger partial charge in [0, 0.05) is 0 Å². The third kappa shape index (κ3) is 4.18. The predicted octanol–water partition coefficient (Wildman–Crippen LogP) is 3.70. The van der Waals surface area contributed by atoms with Gasteiger partial charge in [0.25, 0.3) is 0 Å². The standard InChI is InChI=1S/C20H21NO4/c1-15(17-10-6-3-7-11-17)21-18(14-25-20(21)23)12-19(22)24-13-16-8-4-2-5-9-16/h2-11,15,18H,12-14H2,1H3/t15-,18+/m1/s1. The maximum atomic E-state index is 12.2. The monoisotopic (exact) mass is 339 g/mol. The van der Waals surface area contributed by atoms with Gasteiger partial charge in [-0.2, -0.15) is 0 Å². The molecule has 0 bridgehead atoms. The highest BCUT2D eigenvalue weighted by molar-refractivity contribution is 5.75. The minimum absolute atomic E-state index is 0.121. The second-order valence-corrected chi connectivity index (χ2v) is 6.08. The van der Waals surface area contributed by atoms with Crippen LogP contribution in [0.4, 0.5) is 4.79 Å². The summed E-state index contributed by atoms with van der Waals surface area (Å²) in [5.74, 6) is -0.336. The molecule has 0 N–H and O–H groups in total. The first kappa shape index (κ1) is 17.0. The van der Waals surface area contributed by atoms with E-state index in [4.69, 9.17) is 9.47 Å². The Bertz CT molecular complexity index is 717. The van der Waals surface area contributed by atoms with Gasteiger partial charge in [-0.1, -0.05) is 60.7 Å². The van der Waals surface area contributed by atoms with Crippen molar-refractivity contribution in [2.24, 2.45) is 0 Å². The molecule has 0 aliphatic carbocycles. The summed E-state index contributed by atoms with van der Waals surface area (Å²) in [6.45, 7) is 2.37. The molecule has 0 saturated carbocycles. The van der Waals surface area contributed by atoms with Crippen LogP contribution in [0, 0.1) is 0 Å². The van der Waals surface area contributed by atoms with Crippen molar-refractivity contribution in [3.05, 3.63) is 71.8 Å². The molecule has 5 heteroatoms. The average Bonchev–Trinajstić information content (AvgIpc) is 3.01. The van der Waals surface area contributed by atoms with E-state index in [0.717, 1.165) is 11.1 Å². The Hall–Kier alpha value is -2.82. The molecular weight excluding hydrogens is 318 g/mol. The summed E-state index contributed by atoms with van der Waals surface area (Å²) in [5.41, 5.74) is 1.94. The molecule has 1 aliphatic rings. The number of ether oxygens (including phenoxy) is 2. The molecule has 1 fully saturated rings. The highest BCUT2D eigenvalue weighted by atomic mass is 16.6. The van der Waals surface area contributed by atoms with Crippen LogP contribution in [0.15, 0.2) is 60.7 Å². The van der Waals surface area contributed by atoms with Crippen LogP contribution < -0.4 is 0 Å². The molecule has 130 valence electrons. The lowest BCUT2D eigenvalue weighted by Gasteiger charge is -2.27. The van der Waals surface area contributed by atoms with Crippen molar-refractivity contribution in [1.82, 2.24) is 4.90 Å². The Morgan fingerprint density at radius 2 is 1.80 bits per heavy atom. The van der Waals surface area contributed by atoms with E-state index in [-0.39, 0.29) is 37.7 Å². The number of rotatable bonds is 6. The summed E-state index contributed by atoms with van der Waals surface area (Å²) in [7, 11) is 0. The van der Waals surface area contributed by atoms with E-state index in [2.05, 4.69) is 0 Å². The van der Waals surface area contributed by atoms with E-state index in [0.29, 0.717) is 0 Å². The van der Waals surface area contributed by atoms with Crippen molar-refractivity contribution in [2.75, 3.05) is 6.61 Å². The molecule has 0 spiro atoms. The van der Waals surface area contributed by atoms with Gasteiger partial charge < -0.3 is 9.47 Å². The quantitative estimate of drug-likeness (QED) is 0.753. The number of carbonyl (C=O) groups excluding carboxylic acids is 2. The number of benzene rings is 2. The zero-order valence-electron chi connectivity index (χ0n) is 14.1. The summed E-state index contributed by atoms with van der Waals surface area (Å²) in [6, 6.07) is 18.7. The molecule has 0 unspecified atom stereocenters. The summed E-state index contributed by atoms with van der Waals surface area (Å²) < 4.78 is 10.5. The summed E-state index contributed by atoms with van der Waals surface area (Å²) in [4.78, 5) is 25.9. The van der Waals surface area contributed by atoms with Gasteiger partial charge >= 0.3 is 12.1 Å². The van der Waals surface area contributed by atoms with Crippen LogP contribution >= 0.6 is 0 Å². The Morgan fingerprint density at radius 3 is 2.48 bits per heavy atom. The smallest absolute Gasteiger partial charge is 0.410 e. The van der Waals surface area contributed by atoms with Crippen LogP contribution in [0.3, 0.4) is 0 Å². The maximum Gasteiger partial charge on any atom is 0.410 e. The fourth-order valence-electron chi connectivity index (χ4n) is 2.98. The van der Waals surface area contributed by atoms with E-state index in [1.165, 1.54) is 0 Å². The van der Waals surface area contributed by atoms with Crippen molar-refractivity contribution in [3.63, 3.8) is 0 Å². The van der Waals surface area contributed by atoms with Crippen molar-refractivity contribution in [1.29, 1.82) is 0 Å². The van der Waals surface area contributed by atoms with Gasteiger partial charge in [0.2, 0.25) is 0 Å². The molecule has 2 aromatic rings. The first-order valence-electron chi connectivity index (χ1n) is 8.34. The largest absolute Gasteiger partial charge is 0.461 e. The average molecular weight is 339 g/mol. The van der Waals surface area contributed by atoms with Crippen molar-refractivity contribution >= 4 is 12.1 Å². The second kappa shape index (κ2) is 7.83. The lowest BCUT2D eigenvalue weighted by molar-refractivity contribution is -0.146. The number of carbonyl (C=O) groups is 2. The number of nitrogens with zero attached hydrogens (tertiary/aromatic N) is 1. The molecule has 0 aromatic heterocycles. The lowest BCUT2D eigenvalue weighted by atomic mass is 10.0. The van der Waals surface area contributed by atoms with Crippen molar-refractivity contribution in [3.8, 4) is 0 Å². The first-order valence-corrected chi connectivity index (χ1v) is 8.34. The van der Waals surface area contributed by atoms with Crippen LogP contribution in [-0.2, 0) is 20.9 Å². The molecule has 25 heavy (non-hydrogen) atoms. The number of hydrogen-bond donors (Lipinski definition) is 0. The molecule has 0 radical (unpaired) electrons. The Morgan fingerprint density at radius 1 is 1.16 bits per heavy atom. The molecule has 1 saturated heterocycles. The Balaban J connectivity index is 1.60. The number of cyclic esters (lactones) is 1. The van der Waals surface area contributed by atoms with Crippen LogP contribution in [0.1, 0.15) is 30.5 Å². The third-order valence-corrected chi connectivity index (χ3v) is 4.35. The van der Waals surface area contributed by atoms with E-state index < -0.39 is 6.09 Å². The topological polar surface area (TPSA) is 55.8 Å². The normalized spacial score (nSPS) is 17.9. The van der Waals surface area contributed by atoms with Crippen molar-refractivity contribution in [2.45, 2.75) is 32.0 Å². The Kier molecular flexibility index (Phi) is 5.33. The molecule has 5 nitrogen and oxygen atoms in total. The number of hydrogen-bond acceptors (Lipinski definition) is 4. The fraction of sp³-hybridized carbons (Fsp3) is 0.300. The van der Waals surface area contributed by atoms with Crippen LogP contribution in [0.25, 0.3) is 0 Å². The second-order valence-electron chi connectivity index (χ2n) is 6.08. The maximum absolute atomic E-state index is 12.2. The molecule has 1 amide bonds. The van der Waals surface area contributed by atoms with Crippen molar-refractivity contribution < 1.29 is 19.1 Å². The molecule has 2 aromatic carbocycles. The molecular formula is C20H21NO4. The van der Waals surface area contributed by atoms with Gasteiger partial charge in [-0.25, -0.2) is 4.79 Å². The van der Waals surface area contributed by atoms with Crippen LogP contribution in [0.2, 0.25) is 0 Å². The molecule has 1 aliphatic heterocycles. The molecule has 3 rings (SSSR count). The minimum Gasteiger partial charge on any atom is -0.461 e. The zero-order valence-corrected chi connectivity index (χ0v) is 14.1. The van der Waals surface area contributed by atoms with Gasteiger partial charge in [-0.3, -0.25) is 9.69 Å². The third-order valence-electron chi connectivity index (χ3n) is 4.35. The Labute approximate surface area is 147 Å². The van der Waals surface area contributed by atoms with E-state index in [1.54, 1.807) is 4.90 Å². The minimum atomic E-state index is -0.391. The summed E-state index contributed by atoms with van der Waals surface area (Å²) >= 11 is 0. The van der Waals surface area contributed by atoms with Gasteiger partial charge in [0.15, 0.2) is 0 Å². The van der Waals surface area contributed by atoms with Crippen LogP contribution in [-0.4, -0.2) is 29.6 Å². The SMILES string of the molecule is C[C@H](c1ccccc1)N1C(=O)OC[C@@H]1CC(=O)OCc1ccccc1. The number of amides is 1. The number of esters is 1. The summed E-state index contributed by atoms with van der Waals surface area (Å²) in [5, 5.41) is 0. The molecule has 1 heterocycles. The van der Waals surface area contributed by atoms with Gasteiger partial charge in [-0.15, -0.1) is 0 Å². The van der Waals surface area contributed by atoms with E-state index in [1.807, 2.05) is 67.6 Å². The van der Waals surface area contributed by atoms with E-state index >= 15 is 0 Å². The highest BCUT2D eigenvalue weighted by Crippen LogP contribution is 2.28. The van der Waals surface area contributed by atoms with Gasteiger partial charge in [-0.05, 0) is 18.1 Å². The highest BCUT2D eigenvalue weighted by Gasteiger charge is 2.38. The van der Waals surface area contributed by atoms with Crippen LogP contribution in [0.5, 0.6) is 0 Å².